The van der Waals surface area contributed by atoms with Crippen LogP contribution in [0, 0.1) is 0 Å². The van der Waals surface area contributed by atoms with Gasteiger partial charge in [0, 0.05) is 42.7 Å². The maximum Gasteiger partial charge on any atom is 0.143 e. The summed E-state index contributed by atoms with van der Waals surface area (Å²) in [6.45, 7) is 0. The monoisotopic (exact) mass is 617 g/mol. The van der Waals surface area contributed by atoms with Crippen molar-refractivity contribution in [2.24, 2.45) is 0 Å². The van der Waals surface area contributed by atoms with Gasteiger partial charge in [-0.25, -0.2) is 0 Å². The highest BCUT2D eigenvalue weighted by molar-refractivity contribution is 7.26. The molecule has 8 aromatic carbocycles. The Labute approximate surface area is 275 Å². The Hall–Kier alpha value is -5.90. The molecule has 220 valence electrons. The molecular formula is C44H27NOS. The zero-order valence-electron chi connectivity index (χ0n) is 25.4. The van der Waals surface area contributed by atoms with Crippen LogP contribution in [-0.2, 0) is 0 Å². The van der Waals surface area contributed by atoms with Crippen molar-refractivity contribution in [3.05, 3.63) is 164 Å². The predicted octanol–water partition coefficient (Wildman–Crippen LogP) is 13.4. The second-order valence-corrected chi connectivity index (χ2v) is 13.1. The molecule has 0 aliphatic carbocycles. The average molecular weight is 618 g/mol. The van der Waals surface area contributed by atoms with Crippen LogP contribution >= 0.6 is 11.3 Å². The second-order valence-electron chi connectivity index (χ2n) is 12.1. The fourth-order valence-corrected chi connectivity index (χ4v) is 8.51. The van der Waals surface area contributed by atoms with Crippen molar-refractivity contribution >= 4 is 92.1 Å². The number of hydrogen-bond donors (Lipinski definition) is 0. The Morgan fingerprint density at radius 3 is 2.04 bits per heavy atom. The summed E-state index contributed by atoms with van der Waals surface area (Å²) >= 11 is 1.86. The molecule has 0 N–H and O–H groups in total. The molecule has 0 unspecified atom stereocenters. The quantitative estimate of drug-likeness (QED) is 0.195. The third-order valence-electron chi connectivity index (χ3n) is 9.42. The maximum atomic E-state index is 6.69. The lowest BCUT2D eigenvalue weighted by atomic mass is 9.99. The number of anilines is 3. The Kier molecular flexibility index (Phi) is 5.78. The lowest BCUT2D eigenvalue weighted by Crippen LogP contribution is -2.11. The highest BCUT2D eigenvalue weighted by Gasteiger charge is 2.23. The van der Waals surface area contributed by atoms with Crippen molar-refractivity contribution in [3.63, 3.8) is 0 Å². The van der Waals surface area contributed by atoms with E-state index >= 15 is 0 Å². The Morgan fingerprint density at radius 1 is 0.447 bits per heavy atom. The normalized spacial score (nSPS) is 11.8. The molecule has 2 heterocycles. The van der Waals surface area contributed by atoms with Gasteiger partial charge in [0.05, 0.1) is 16.1 Å². The van der Waals surface area contributed by atoms with Crippen molar-refractivity contribution in [1.82, 2.24) is 0 Å². The summed E-state index contributed by atoms with van der Waals surface area (Å²) < 4.78 is 9.25. The largest absolute Gasteiger partial charge is 0.455 e. The molecule has 2 aromatic heterocycles. The van der Waals surface area contributed by atoms with E-state index in [2.05, 4.69) is 169 Å². The number of fused-ring (bicyclic) bond motifs is 10. The smallest absolute Gasteiger partial charge is 0.143 e. The summed E-state index contributed by atoms with van der Waals surface area (Å²) in [7, 11) is 0. The van der Waals surface area contributed by atoms with E-state index in [-0.39, 0.29) is 0 Å². The fraction of sp³-hybridized carbons (Fsp3) is 0. The number of rotatable bonds is 4. The van der Waals surface area contributed by atoms with E-state index in [9.17, 15) is 0 Å². The van der Waals surface area contributed by atoms with Crippen molar-refractivity contribution in [2.75, 3.05) is 4.90 Å². The third kappa shape index (κ3) is 4.04. The molecule has 0 spiro atoms. The molecule has 0 atom stereocenters. The fourth-order valence-electron chi connectivity index (χ4n) is 7.31. The Balaban J connectivity index is 1.35. The summed E-state index contributed by atoms with van der Waals surface area (Å²) in [5.74, 6) is 0. The van der Waals surface area contributed by atoms with Crippen LogP contribution in [0.4, 0.5) is 17.1 Å². The van der Waals surface area contributed by atoms with Crippen LogP contribution in [0.3, 0.4) is 0 Å². The lowest BCUT2D eigenvalue weighted by molar-refractivity contribution is 0.673. The van der Waals surface area contributed by atoms with Crippen LogP contribution in [0.1, 0.15) is 0 Å². The van der Waals surface area contributed by atoms with Gasteiger partial charge in [-0.3, -0.25) is 0 Å². The molecule has 3 heteroatoms. The summed E-state index contributed by atoms with van der Waals surface area (Å²) in [6.07, 6.45) is 0. The highest BCUT2D eigenvalue weighted by atomic mass is 32.1. The van der Waals surface area contributed by atoms with Crippen LogP contribution in [-0.4, -0.2) is 0 Å². The summed E-state index contributed by atoms with van der Waals surface area (Å²) in [6, 6.07) is 59.0. The zero-order valence-corrected chi connectivity index (χ0v) is 26.2. The van der Waals surface area contributed by atoms with Crippen molar-refractivity contribution in [1.29, 1.82) is 0 Å². The number of benzene rings is 8. The number of furan rings is 1. The van der Waals surface area contributed by atoms with E-state index in [1.807, 2.05) is 11.3 Å². The zero-order chi connectivity index (χ0) is 30.9. The van der Waals surface area contributed by atoms with E-state index in [0.29, 0.717) is 0 Å². The van der Waals surface area contributed by atoms with Crippen LogP contribution in [0.15, 0.2) is 168 Å². The van der Waals surface area contributed by atoms with E-state index in [4.69, 9.17) is 4.42 Å². The van der Waals surface area contributed by atoms with E-state index in [1.165, 1.54) is 42.1 Å². The number of nitrogens with zero attached hydrogens (tertiary/aromatic N) is 1. The molecular weight excluding hydrogens is 591 g/mol. The maximum absolute atomic E-state index is 6.69. The van der Waals surface area contributed by atoms with Crippen molar-refractivity contribution in [3.8, 4) is 11.1 Å². The topological polar surface area (TPSA) is 16.4 Å². The van der Waals surface area contributed by atoms with Gasteiger partial charge in [0.25, 0.3) is 0 Å². The summed E-state index contributed by atoms with van der Waals surface area (Å²) in [5.41, 5.74) is 7.61. The molecule has 0 aliphatic heterocycles. The molecule has 0 bridgehead atoms. The minimum absolute atomic E-state index is 0.908. The highest BCUT2D eigenvalue weighted by Crippen LogP contribution is 2.49. The molecule has 10 aromatic rings. The molecule has 0 radical (unpaired) electrons. The minimum atomic E-state index is 0.908. The van der Waals surface area contributed by atoms with Gasteiger partial charge in [0.15, 0.2) is 0 Å². The third-order valence-corrected chi connectivity index (χ3v) is 10.6. The lowest BCUT2D eigenvalue weighted by Gasteiger charge is -2.28. The van der Waals surface area contributed by atoms with Crippen LogP contribution in [0.2, 0.25) is 0 Å². The standard InChI is InChI=1S/C44H27NOS/c1-2-12-28(13-3-1)30-15-10-16-31(26-30)45(38-22-11-21-36-34-19-8-9-23-41(34)47-44(36)38)39-27-37-42-32-17-5-4-14-29(32)24-25-40(42)46-43(37)35-20-7-6-18-33(35)39/h1-27H. The van der Waals surface area contributed by atoms with Gasteiger partial charge in [0.2, 0.25) is 0 Å². The van der Waals surface area contributed by atoms with Gasteiger partial charge in [0.1, 0.15) is 11.2 Å². The first kappa shape index (κ1) is 26.3. The number of hydrogen-bond acceptors (Lipinski definition) is 3. The van der Waals surface area contributed by atoms with Crippen LogP contribution in [0.25, 0.3) is 74.8 Å². The van der Waals surface area contributed by atoms with Gasteiger partial charge >= 0.3 is 0 Å². The van der Waals surface area contributed by atoms with Crippen molar-refractivity contribution < 1.29 is 4.42 Å². The molecule has 10 rings (SSSR count). The molecule has 0 saturated heterocycles. The van der Waals surface area contributed by atoms with Gasteiger partial charge in [-0.15, -0.1) is 11.3 Å². The van der Waals surface area contributed by atoms with Crippen molar-refractivity contribution in [2.45, 2.75) is 0 Å². The molecule has 0 saturated carbocycles. The molecule has 2 nitrogen and oxygen atoms in total. The predicted molar refractivity (Wildman–Crippen MR) is 202 cm³/mol. The minimum Gasteiger partial charge on any atom is -0.455 e. The Bertz CT molecular complexity index is 2810. The summed E-state index contributed by atoms with van der Waals surface area (Å²) in [5, 5.41) is 9.51. The Morgan fingerprint density at radius 2 is 1.15 bits per heavy atom. The first-order chi connectivity index (χ1) is 23.3. The SMILES string of the molecule is c1ccc(-c2cccc(N(c3cc4c(oc5ccc6ccccc6c54)c4ccccc34)c3cccc4c3sc3ccccc34)c2)cc1. The van der Waals surface area contributed by atoms with Crippen LogP contribution < -0.4 is 4.90 Å². The van der Waals surface area contributed by atoms with Gasteiger partial charge < -0.3 is 9.32 Å². The van der Waals surface area contributed by atoms with E-state index < -0.39 is 0 Å². The molecule has 0 amide bonds. The first-order valence-corrected chi connectivity index (χ1v) is 16.7. The van der Waals surface area contributed by atoms with Gasteiger partial charge in [-0.2, -0.15) is 0 Å². The first-order valence-electron chi connectivity index (χ1n) is 15.9. The number of thiophene rings is 1. The van der Waals surface area contributed by atoms with E-state index in [0.717, 1.165) is 49.8 Å². The molecule has 0 fully saturated rings. The summed E-state index contributed by atoms with van der Waals surface area (Å²) in [4.78, 5) is 2.47. The van der Waals surface area contributed by atoms with E-state index in [1.54, 1.807) is 0 Å². The molecule has 0 aliphatic rings. The van der Waals surface area contributed by atoms with Gasteiger partial charge in [-0.05, 0) is 58.3 Å². The second kappa shape index (κ2) is 10.3. The van der Waals surface area contributed by atoms with Crippen LogP contribution in [0.5, 0.6) is 0 Å². The van der Waals surface area contributed by atoms with Gasteiger partial charge in [-0.1, -0.05) is 127 Å². The molecule has 47 heavy (non-hydrogen) atoms. The average Bonchev–Trinajstić information content (AvgIpc) is 3.72.